The van der Waals surface area contributed by atoms with Crippen molar-refractivity contribution in [3.05, 3.63) is 71.7 Å². The highest BCUT2D eigenvalue weighted by Gasteiger charge is 2.13. The van der Waals surface area contributed by atoms with Crippen molar-refractivity contribution < 1.29 is 8.81 Å². The monoisotopic (exact) mass is 255 g/mol. The van der Waals surface area contributed by atoms with E-state index in [0.717, 1.165) is 22.1 Å². The van der Waals surface area contributed by atoms with E-state index in [-0.39, 0.29) is 11.9 Å². The Morgan fingerprint density at radius 2 is 1.79 bits per heavy atom. The maximum atomic E-state index is 12.9. The molecule has 96 valence electrons. The lowest BCUT2D eigenvalue weighted by atomic mass is 9.99. The molecule has 0 aliphatic carbocycles. The molecule has 1 unspecified atom stereocenters. The van der Waals surface area contributed by atoms with E-state index in [1.807, 2.05) is 24.3 Å². The molecule has 0 fully saturated rings. The van der Waals surface area contributed by atoms with E-state index >= 15 is 0 Å². The van der Waals surface area contributed by atoms with Crippen LogP contribution in [0.4, 0.5) is 4.39 Å². The summed E-state index contributed by atoms with van der Waals surface area (Å²) >= 11 is 0. The normalized spacial score (nSPS) is 12.7. The molecule has 3 heteroatoms. The third-order valence-corrected chi connectivity index (χ3v) is 3.28. The van der Waals surface area contributed by atoms with Gasteiger partial charge in [-0.15, -0.1) is 0 Å². The minimum atomic E-state index is -0.230. The Kier molecular flexibility index (Phi) is 3.05. The lowest BCUT2D eigenvalue weighted by Crippen LogP contribution is -2.12. The third kappa shape index (κ3) is 2.37. The molecule has 2 aromatic carbocycles. The molecule has 1 atom stereocenters. The lowest BCUT2D eigenvalue weighted by Gasteiger charge is -2.10. The number of rotatable bonds is 3. The van der Waals surface area contributed by atoms with Crippen molar-refractivity contribution in [1.29, 1.82) is 0 Å². The van der Waals surface area contributed by atoms with E-state index in [4.69, 9.17) is 10.2 Å². The Morgan fingerprint density at radius 1 is 1.05 bits per heavy atom. The molecule has 0 amide bonds. The van der Waals surface area contributed by atoms with Crippen LogP contribution in [-0.2, 0) is 6.42 Å². The van der Waals surface area contributed by atoms with Crippen molar-refractivity contribution >= 4 is 11.0 Å². The quantitative estimate of drug-likeness (QED) is 0.772. The Labute approximate surface area is 110 Å². The van der Waals surface area contributed by atoms with Crippen molar-refractivity contribution in [2.24, 2.45) is 5.73 Å². The highest BCUT2D eigenvalue weighted by Crippen LogP contribution is 2.27. The lowest BCUT2D eigenvalue weighted by molar-refractivity contribution is 0.598. The second-order valence-corrected chi connectivity index (χ2v) is 4.62. The Morgan fingerprint density at radius 3 is 2.58 bits per heavy atom. The largest absolute Gasteiger partial charge is 0.464 e. The van der Waals surface area contributed by atoms with E-state index in [0.29, 0.717) is 6.42 Å². The van der Waals surface area contributed by atoms with Gasteiger partial charge in [-0.2, -0.15) is 0 Å². The number of halogens is 1. The van der Waals surface area contributed by atoms with Crippen LogP contribution in [0.5, 0.6) is 0 Å². The summed E-state index contributed by atoms with van der Waals surface area (Å²) in [5.74, 6) is -0.230. The van der Waals surface area contributed by atoms with Crippen LogP contribution >= 0.6 is 0 Å². The molecule has 0 saturated carbocycles. The molecule has 0 bridgehead atoms. The van der Waals surface area contributed by atoms with Gasteiger partial charge >= 0.3 is 0 Å². The van der Waals surface area contributed by atoms with E-state index < -0.39 is 0 Å². The number of hydrogen-bond acceptors (Lipinski definition) is 2. The first-order valence-electron chi connectivity index (χ1n) is 6.20. The van der Waals surface area contributed by atoms with Gasteiger partial charge in [0.25, 0.3) is 0 Å². The summed E-state index contributed by atoms with van der Waals surface area (Å²) in [5, 5.41) is 1.04. The minimum absolute atomic E-state index is 0.158. The zero-order valence-corrected chi connectivity index (χ0v) is 10.3. The first-order chi connectivity index (χ1) is 9.24. The third-order valence-electron chi connectivity index (χ3n) is 3.28. The first-order valence-corrected chi connectivity index (χ1v) is 6.20. The number of benzene rings is 2. The molecule has 0 aliphatic rings. The van der Waals surface area contributed by atoms with E-state index in [1.165, 1.54) is 12.1 Å². The topological polar surface area (TPSA) is 39.2 Å². The van der Waals surface area contributed by atoms with Crippen molar-refractivity contribution in [2.75, 3.05) is 0 Å². The van der Waals surface area contributed by atoms with Gasteiger partial charge in [-0.25, -0.2) is 4.39 Å². The van der Waals surface area contributed by atoms with Crippen molar-refractivity contribution in [1.82, 2.24) is 0 Å². The van der Waals surface area contributed by atoms with Crippen LogP contribution in [0, 0.1) is 5.82 Å². The van der Waals surface area contributed by atoms with Gasteiger partial charge in [0, 0.05) is 17.0 Å². The Balaban J connectivity index is 1.87. The molecule has 19 heavy (non-hydrogen) atoms. The summed E-state index contributed by atoms with van der Waals surface area (Å²) in [7, 11) is 0. The summed E-state index contributed by atoms with van der Waals surface area (Å²) in [6.45, 7) is 0. The molecule has 1 heterocycles. The fourth-order valence-corrected chi connectivity index (χ4v) is 2.27. The van der Waals surface area contributed by atoms with Gasteiger partial charge in [0.2, 0.25) is 0 Å². The molecule has 0 spiro atoms. The van der Waals surface area contributed by atoms with Crippen LogP contribution < -0.4 is 5.73 Å². The highest BCUT2D eigenvalue weighted by atomic mass is 19.1. The fourth-order valence-electron chi connectivity index (χ4n) is 2.27. The number of fused-ring (bicyclic) bond motifs is 1. The summed E-state index contributed by atoms with van der Waals surface area (Å²) in [6.07, 6.45) is 2.36. The molecular formula is C16H14FNO. The van der Waals surface area contributed by atoms with E-state index in [1.54, 1.807) is 18.4 Å². The SMILES string of the molecule is NC(Cc1ccc(F)cc1)c1coc2ccccc12. The predicted octanol–water partition coefficient (Wildman–Crippen LogP) is 3.81. The Hall–Kier alpha value is -2.13. The summed E-state index contributed by atoms with van der Waals surface area (Å²) < 4.78 is 18.3. The zero-order chi connectivity index (χ0) is 13.2. The van der Waals surface area contributed by atoms with Gasteiger partial charge in [-0.05, 0) is 30.2 Å². The van der Waals surface area contributed by atoms with E-state index in [9.17, 15) is 4.39 Å². The average Bonchev–Trinajstić information content (AvgIpc) is 2.85. The van der Waals surface area contributed by atoms with Crippen LogP contribution in [-0.4, -0.2) is 0 Å². The highest BCUT2D eigenvalue weighted by molar-refractivity contribution is 5.81. The average molecular weight is 255 g/mol. The summed E-state index contributed by atoms with van der Waals surface area (Å²) in [4.78, 5) is 0. The van der Waals surface area contributed by atoms with Gasteiger partial charge < -0.3 is 10.2 Å². The molecule has 0 saturated heterocycles. The molecule has 3 rings (SSSR count). The van der Waals surface area contributed by atoms with Crippen LogP contribution in [0.1, 0.15) is 17.2 Å². The smallest absolute Gasteiger partial charge is 0.134 e. The number of para-hydroxylation sites is 1. The van der Waals surface area contributed by atoms with Crippen molar-refractivity contribution in [2.45, 2.75) is 12.5 Å². The summed E-state index contributed by atoms with van der Waals surface area (Å²) in [5.41, 5.74) is 9.06. The maximum absolute atomic E-state index is 12.9. The van der Waals surface area contributed by atoms with Crippen LogP contribution in [0.3, 0.4) is 0 Å². The van der Waals surface area contributed by atoms with Gasteiger partial charge in [-0.3, -0.25) is 0 Å². The van der Waals surface area contributed by atoms with Gasteiger partial charge in [0.15, 0.2) is 0 Å². The van der Waals surface area contributed by atoms with Gasteiger partial charge in [-0.1, -0.05) is 30.3 Å². The first kappa shape index (κ1) is 11.9. The molecule has 2 nitrogen and oxygen atoms in total. The molecule has 1 aromatic heterocycles. The Bertz CT molecular complexity index is 687. The van der Waals surface area contributed by atoms with Crippen LogP contribution in [0.25, 0.3) is 11.0 Å². The van der Waals surface area contributed by atoms with E-state index in [2.05, 4.69) is 0 Å². The second-order valence-electron chi connectivity index (χ2n) is 4.62. The molecule has 0 radical (unpaired) electrons. The zero-order valence-electron chi connectivity index (χ0n) is 10.3. The predicted molar refractivity (Wildman–Crippen MR) is 73.2 cm³/mol. The van der Waals surface area contributed by atoms with Crippen molar-refractivity contribution in [3.63, 3.8) is 0 Å². The fraction of sp³-hybridized carbons (Fsp3) is 0.125. The molecular weight excluding hydrogens is 241 g/mol. The molecule has 3 aromatic rings. The number of hydrogen-bond donors (Lipinski definition) is 1. The maximum Gasteiger partial charge on any atom is 0.134 e. The number of nitrogens with two attached hydrogens (primary N) is 1. The number of furan rings is 1. The van der Waals surface area contributed by atoms with Gasteiger partial charge in [0.1, 0.15) is 11.4 Å². The van der Waals surface area contributed by atoms with Crippen LogP contribution in [0.2, 0.25) is 0 Å². The van der Waals surface area contributed by atoms with Crippen LogP contribution in [0.15, 0.2) is 59.2 Å². The molecule has 2 N–H and O–H groups in total. The minimum Gasteiger partial charge on any atom is -0.464 e. The molecule has 0 aliphatic heterocycles. The standard InChI is InChI=1S/C16H14FNO/c17-12-7-5-11(6-8-12)9-15(18)14-10-19-16-4-2-1-3-13(14)16/h1-8,10,15H,9,18H2. The van der Waals surface area contributed by atoms with Crippen molar-refractivity contribution in [3.8, 4) is 0 Å². The van der Waals surface area contributed by atoms with Gasteiger partial charge in [0.05, 0.1) is 6.26 Å². The second kappa shape index (κ2) is 4.86. The summed E-state index contributed by atoms with van der Waals surface area (Å²) in [6, 6.07) is 14.1.